The van der Waals surface area contributed by atoms with Crippen molar-refractivity contribution in [1.82, 2.24) is 15.2 Å². The van der Waals surface area contributed by atoms with E-state index in [1.165, 1.54) is 17.4 Å². The Bertz CT molecular complexity index is 769. The molecule has 1 N–H and O–H groups in total. The van der Waals surface area contributed by atoms with Crippen LogP contribution in [-0.4, -0.2) is 42.0 Å². The Morgan fingerprint density at radius 2 is 2.08 bits per heavy atom. The number of amides is 1. The number of nitrogens with one attached hydrogen (secondary N) is 1. The molecule has 1 aromatic heterocycles. The number of halogens is 3. The minimum atomic E-state index is -4.39. The van der Waals surface area contributed by atoms with Gasteiger partial charge in [-0.05, 0) is 38.1 Å². The average molecular weight is 383 g/mol. The van der Waals surface area contributed by atoms with Crippen LogP contribution in [0.15, 0.2) is 29.6 Å². The fourth-order valence-electron chi connectivity index (χ4n) is 3.03. The lowest BCUT2D eigenvalue weighted by molar-refractivity contribution is -0.137. The molecule has 1 aliphatic rings. The van der Waals surface area contributed by atoms with Gasteiger partial charge in [-0.25, -0.2) is 4.98 Å². The number of hydrogen-bond donors (Lipinski definition) is 1. The average Bonchev–Trinajstić information content (AvgIpc) is 3.09. The van der Waals surface area contributed by atoms with Crippen LogP contribution < -0.4 is 5.32 Å². The van der Waals surface area contributed by atoms with Crippen molar-refractivity contribution in [3.8, 4) is 10.6 Å². The minimum absolute atomic E-state index is 0.0159. The van der Waals surface area contributed by atoms with Crippen molar-refractivity contribution in [2.45, 2.75) is 31.5 Å². The zero-order valence-corrected chi connectivity index (χ0v) is 15.2. The zero-order valence-electron chi connectivity index (χ0n) is 14.3. The summed E-state index contributed by atoms with van der Waals surface area (Å²) < 4.78 is 38.6. The van der Waals surface area contributed by atoms with E-state index in [0.29, 0.717) is 16.3 Å². The maximum atomic E-state index is 12.9. The molecule has 1 aliphatic heterocycles. The molecule has 1 fully saturated rings. The number of thiazole rings is 1. The van der Waals surface area contributed by atoms with Crippen molar-refractivity contribution in [3.05, 3.63) is 40.9 Å². The molecule has 8 heteroatoms. The Balaban J connectivity index is 1.69. The molecule has 4 nitrogen and oxygen atoms in total. The van der Waals surface area contributed by atoms with Gasteiger partial charge >= 0.3 is 6.18 Å². The predicted molar refractivity (Wildman–Crippen MR) is 94.9 cm³/mol. The molecule has 3 rings (SSSR count). The predicted octanol–water partition coefficient (Wildman–Crippen LogP) is 3.58. The van der Waals surface area contributed by atoms with E-state index in [1.807, 2.05) is 0 Å². The first kappa shape index (κ1) is 18.8. The molecule has 1 aromatic carbocycles. The van der Waals surface area contributed by atoms with Gasteiger partial charge in [-0.3, -0.25) is 4.79 Å². The molecular formula is C18H20F3N3OS. The summed E-state index contributed by atoms with van der Waals surface area (Å²) in [7, 11) is 1.80. The van der Waals surface area contributed by atoms with Crippen molar-refractivity contribution in [2.75, 3.05) is 20.1 Å². The van der Waals surface area contributed by atoms with Crippen LogP contribution in [-0.2, 0) is 17.4 Å². The molecule has 1 amide bonds. The molecule has 0 bridgehead atoms. The smallest absolute Gasteiger partial charge is 0.342 e. The molecule has 0 aliphatic carbocycles. The van der Waals surface area contributed by atoms with Crippen LogP contribution in [0.5, 0.6) is 0 Å². The Morgan fingerprint density at radius 1 is 1.35 bits per heavy atom. The lowest BCUT2D eigenvalue weighted by Crippen LogP contribution is -2.44. The second-order valence-corrected chi connectivity index (χ2v) is 7.24. The van der Waals surface area contributed by atoms with Crippen molar-refractivity contribution in [2.24, 2.45) is 0 Å². The van der Waals surface area contributed by atoms with Crippen molar-refractivity contribution in [3.63, 3.8) is 0 Å². The normalized spacial score (nSPS) is 15.8. The van der Waals surface area contributed by atoms with Gasteiger partial charge in [-0.2, -0.15) is 13.2 Å². The molecule has 0 saturated carbocycles. The summed E-state index contributed by atoms with van der Waals surface area (Å²) >= 11 is 1.25. The van der Waals surface area contributed by atoms with E-state index in [2.05, 4.69) is 10.3 Å². The van der Waals surface area contributed by atoms with Crippen LogP contribution in [0.2, 0.25) is 0 Å². The molecular weight excluding hydrogens is 363 g/mol. The molecule has 140 valence electrons. The van der Waals surface area contributed by atoms with Gasteiger partial charge < -0.3 is 10.2 Å². The van der Waals surface area contributed by atoms with E-state index in [0.717, 1.165) is 38.1 Å². The molecule has 1 saturated heterocycles. The van der Waals surface area contributed by atoms with E-state index in [1.54, 1.807) is 23.4 Å². The molecule has 26 heavy (non-hydrogen) atoms. The number of piperidine rings is 1. The number of rotatable bonds is 4. The molecule has 2 aromatic rings. The van der Waals surface area contributed by atoms with E-state index in [-0.39, 0.29) is 18.4 Å². The first-order chi connectivity index (χ1) is 12.3. The summed E-state index contributed by atoms with van der Waals surface area (Å²) in [4.78, 5) is 18.6. The lowest BCUT2D eigenvalue weighted by Gasteiger charge is -2.31. The van der Waals surface area contributed by atoms with Gasteiger partial charge in [0.25, 0.3) is 0 Å². The van der Waals surface area contributed by atoms with Crippen LogP contribution in [0.4, 0.5) is 13.2 Å². The topological polar surface area (TPSA) is 45.2 Å². The number of nitrogens with zero attached hydrogens (tertiary/aromatic N) is 2. The van der Waals surface area contributed by atoms with E-state index in [9.17, 15) is 18.0 Å². The summed E-state index contributed by atoms with van der Waals surface area (Å²) in [6, 6.07) is 5.32. The Kier molecular flexibility index (Phi) is 5.62. The van der Waals surface area contributed by atoms with Gasteiger partial charge in [0.2, 0.25) is 5.91 Å². The quantitative estimate of drug-likeness (QED) is 0.878. The van der Waals surface area contributed by atoms with E-state index < -0.39 is 11.7 Å². The number of carbonyl (C=O) groups excluding carboxylic acids is 1. The highest BCUT2D eigenvalue weighted by atomic mass is 32.1. The molecule has 0 radical (unpaired) electrons. The maximum Gasteiger partial charge on any atom is 0.416 e. The van der Waals surface area contributed by atoms with E-state index >= 15 is 0 Å². The minimum Gasteiger partial charge on any atom is -0.342 e. The van der Waals surface area contributed by atoms with Crippen LogP contribution in [0, 0.1) is 0 Å². The number of aromatic nitrogens is 1. The molecule has 2 heterocycles. The zero-order chi connectivity index (χ0) is 18.7. The second-order valence-electron chi connectivity index (χ2n) is 6.39. The summed E-state index contributed by atoms with van der Waals surface area (Å²) in [5, 5.41) is 5.50. The number of hydrogen-bond acceptors (Lipinski definition) is 4. The van der Waals surface area contributed by atoms with Gasteiger partial charge in [0.05, 0.1) is 17.7 Å². The molecule has 0 atom stereocenters. The Morgan fingerprint density at radius 3 is 2.77 bits per heavy atom. The standard InChI is InChI=1S/C18H20F3N3OS/c1-24(15-5-7-22-8-6-15)16(25)10-14-11-26-17(23-14)12-3-2-4-13(9-12)18(19,20)21/h2-4,9,11,15,22H,5-8,10H2,1H3. The summed E-state index contributed by atoms with van der Waals surface area (Å²) in [5.74, 6) is -0.0159. The van der Waals surface area contributed by atoms with Gasteiger partial charge in [-0.15, -0.1) is 11.3 Å². The van der Waals surface area contributed by atoms with Crippen molar-refractivity contribution < 1.29 is 18.0 Å². The van der Waals surface area contributed by atoms with Crippen LogP contribution >= 0.6 is 11.3 Å². The van der Waals surface area contributed by atoms with Crippen LogP contribution in [0.1, 0.15) is 24.1 Å². The highest BCUT2D eigenvalue weighted by Gasteiger charge is 2.30. The Labute approximate surface area is 154 Å². The third-order valence-corrected chi connectivity index (χ3v) is 5.51. The fraction of sp³-hybridized carbons (Fsp3) is 0.444. The summed E-state index contributed by atoms with van der Waals surface area (Å²) in [6.45, 7) is 1.80. The highest BCUT2D eigenvalue weighted by Crippen LogP contribution is 2.33. The third-order valence-electron chi connectivity index (χ3n) is 4.57. The lowest BCUT2D eigenvalue weighted by atomic mass is 10.0. The number of alkyl halides is 3. The Hall–Kier alpha value is -1.93. The second kappa shape index (κ2) is 7.75. The highest BCUT2D eigenvalue weighted by molar-refractivity contribution is 7.13. The first-order valence-corrected chi connectivity index (χ1v) is 9.31. The SMILES string of the molecule is CN(C(=O)Cc1csc(-c2cccc(C(F)(F)F)c2)n1)C1CCNCC1. The number of likely N-dealkylation sites (N-methyl/N-ethyl adjacent to an activating group) is 1. The maximum absolute atomic E-state index is 12.9. The van der Waals surface area contributed by atoms with Crippen molar-refractivity contribution in [1.29, 1.82) is 0 Å². The fourth-order valence-corrected chi connectivity index (χ4v) is 3.84. The van der Waals surface area contributed by atoms with Crippen LogP contribution in [0.25, 0.3) is 10.6 Å². The largest absolute Gasteiger partial charge is 0.416 e. The number of carbonyl (C=O) groups is 1. The van der Waals surface area contributed by atoms with E-state index in [4.69, 9.17) is 0 Å². The molecule has 0 spiro atoms. The van der Waals surface area contributed by atoms with Gasteiger partial charge in [0, 0.05) is 24.0 Å². The summed E-state index contributed by atoms with van der Waals surface area (Å²) in [5.41, 5.74) is 0.303. The molecule has 0 unspecified atom stereocenters. The van der Waals surface area contributed by atoms with Crippen molar-refractivity contribution >= 4 is 17.2 Å². The van der Waals surface area contributed by atoms with Gasteiger partial charge in [0.15, 0.2) is 0 Å². The van der Waals surface area contributed by atoms with Gasteiger partial charge in [-0.1, -0.05) is 12.1 Å². The van der Waals surface area contributed by atoms with Crippen LogP contribution in [0.3, 0.4) is 0 Å². The monoisotopic (exact) mass is 383 g/mol. The third kappa shape index (κ3) is 4.42. The first-order valence-electron chi connectivity index (χ1n) is 8.43. The number of benzene rings is 1. The summed E-state index contributed by atoms with van der Waals surface area (Å²) in [6.07, 6.45) is -2.37. The van der Waals surface area contributed by atoms with Gasteiger partial charge in [0.1, 0.15) is 5.01 Å².